The fraction of sp³-hybridized carbons (Fsp3) is 0.167. The summed E-state index contributed by atoms with van der Waals surface area (Å²) in [6.07, 6.45) is 1.36. The van der Waals surface area contributed by atoms with Crippen LogP contribution in [-0.4, -0.2) is 16.0 Å². The summed E-state index contributed by atoms with van der Waals surface area (Å²) in [4.78, 5) is 11.7. The number of aryl methyl sites for hydroxylation is 1. The lowest BCUT2D eigenvalue weighted by Gasteiger charge is -1.98. The second-order valence-corrected chi connectivity index (χ2v) is 4.29. The molecular weight excluding hydrogens is 224 g/mol. The van der Waals surface area contributed by atoms with Gasteiger partial charge in [-0.1, -0.05) is 23.7 Å². The maximum Gasteiger partial charge on any atom is 0.167 e. The summed E-state index contributed by atoms with van der Waals surface area (Å²) >= 11 is 5.82. The smallest absolute Gasteiger partial charge is 0.167 e. The molecule has 0 atom stereocenters. The number of Topliss-reactive ketones (excluding diaryl/α,β-unsaturated/α-hetero) is 1. The van der Waals surface area contributed by atoms with Gasteiger partial charge in [-0.05, 0) is 18.6 Å². The molecule has 0 aliphatic heterocycles. The lowest BCUT2D eigenvalue weighted by molar-refractivity contribution is 0.0995. The highest BCUT2D eigenvalue weighted by atomic mass is 35.5. The monoisotopic (exact) mass is 232 g/mol. The number of nitrogens with one attached hydrogen (secondary N) is 1. The van der Waals surface area contributed by atoms with Gasteiger partial charge in [-0.15, -0.1) is 0 Å². The number of halogens is 1. The summed E-state index contributed by atoms with van der Waals surface area (Å²) in [5.74, 6) is 0.175. The van der Waals surface area contributed by atoms with Gasteiger partial charge in [-0.3, -0.25) is 9.89 Å². The first kappa shape index (κ1) is 9.60. The Kier molecular flexibility index (Phi) is 2.07. The molecule has 0 amide bonds. The molecule has 2 aromatic rings. The van der Waals surface area contributed by atoms with Crippen molar-refractivity contribution in [3.05, 3.63) is 40.5 Å². The molecule has 1 heterocycles. The van der Waals surface area contributed by atoms with Crippen molar-refractivity contribution in [2.45, 2.75) is 12.8 Å². The first-order chi connectivity index (χ1) is 7.75. The normalized spacial score (nSPS) is 14.2. The molecule has 1 aliphatic carbocycles. The maximum atomic E-state index is 11.7. The molecule has 80 valence electrons. The standard InChI is InChI=1S/C12H9ClN2O/c13-8-3-1-7(2-4-8)12-11-9(14-15-12)5-6-10(11)16/h1-4H,5-6H2,(H,14,15). The van der Waals surface area contributed by atoms with Crippen LogP contribution in [0.5, 0.6) is 0 Å². The highest BCUT2D eigenvalue weighted by molar-refractivity contribution is 6.30. The predicted octanol–water partition coefficient (Wildman–Crippen LogP) is 2.86. The average molecular weight is 233 g/mol. The molecule has 3 nitrogen and oxygen atoms in total. The molecule has 1 aromatic carbocycles. The number of ketones is 1. The maximum absolute atomic E-state index is 11.7. The SMILES string of the molecule is O=C1CCc2[nH]nc(-c3ccc(Cl)cc3)c21. The number of aromatic amines is 1. The van der Waals surface area contributed by atoms with Crippen LogP contribution in [0.25, 0.3) is 11.3 Å². The van der Waals surface area contributed by atoms with Gasteiger partial charge < -0.3 is 0 Å². The Labute approximate surface area is 97.4 Å². The van der Waals surface area contributed by atoms with E-state index in [-0.39, 0.29) is 5.78 Å². The summed E-state index contributed by atoms with van der Waals surface area (Å²) in [6, 6.07) is 7.36. The van der Waals surface area contributed by atoms with Gasteiger partial charge in [0.1, 0.15) is 5.69 Å². The predicted molar refractivity (Wildman–Crippen MR) is 61.7 cm³/mol. The van der Waals surface area contributed by atoms with E-state index in [2.05, 4.69) is 10.2 Å². The molecule has 4 heteroatoms. The van der Waals surface area contributed by atoms with Crippen LogP contribution in [0.3, 0.4) is 0 Å². The van der Waals surface area contributed by atoms with Crippen LogP contribution in [0, 0.1) is 0 Å². The number of rotatable bonds is 1. The number of hydrogen-bond donors (Lipinski definition) is 1. The van der Waals surface area contributed by atoms with E-state index in [0.29, 0.717) is 11.4 Å². The largest absolute Gasteiger partial charge is 0.294 e. The molecule has 16 heavy (non-hydrogen) atoms. The average Bonchev–Trinajstić information content (AvgIpc) is 2.84. The van der Waals surface area contributed by atoms with Crippen LogP contribution in [0.15, 0.2) is 24.3 Å². The molecule has 1 N–H and O–H groups in total. The minimum atomic E-state index is 0.175. The lowest BCUT2D eigenvalue weighted by Crippen LogP contribution is -1.93. The van der Waals surface area contributed by atoms with Crippen molar-refractivity contribution in [3.63, 3.8) is 0 Å². The minimum absolute atomic E-state index is 0.175. The van der Waals surface area contributed by atoms with Crippen molar-refractivity contribution in [2.75, 3.05) is 0 Å². The van der Waals surface area contributed by atoms with Gasteiger partial charge in [-0.25, -0.2) is 0 Å². The number of carbonyl (C=O) groups excluding carboxylic acids is 1. The molecule has 1 aromatic heterocycles. The Bertz CT molecular complexity index is 557. The van der Waals surface area contributed by atoms with Gasteiger partial charge in [-0.2, -0.15) is 5.10 Å². The zero-order valence-electron chi connectivity index (χ0n) is 8.46. The highest BCUT2D eigenvalue weighted by Crippen LogP contribution is 2.30. The second kappa shape index (κ2) is 3.46. The number of nitrogens with zero attached hydrogens (tertiary/aromatic N) is 1. The van der Waals surface area contributed by atoms with Crippen LogP contribution >= 0.6 is 11.6 Å². The van der Waals surface area contributed by atoms with E-state index in [9.17, 15) is 4.79 Å². The third kappa shape index (κ3) is 1.36. The zero-order valence-corrected chi connectivity index (χ0v) is 9.21. The molecule has 0 saturated carbocycles. The highest BCUT2D eigenvalue weighted by Gasteiger charge is 2.26. The topological polar surface area (TPSA) is 45.8 Å². The van der Waals surface area contributed by atoms with Gasteiger partial charge in [0, 0.05) is 22.7 Å². The summed E-state index contributed by atoms with van der Waals surface area (Å²) in [6.45, 7) is 0. The van der Waals surface area contributed by atoms with E-state index >= 15 is 0 Å². The first-order valence-corrected chi connectivity index (χ1v) is 5.50. The molecule has 3 rings (SSSR count). The van der Waals surface area contributed by atoms with Crippen molar-refractivity contribution in [3.8, 4) is 11.3 Å². The van der Waals surface area contributed by atoms with Gasteiger partial charge in [0.05, 0.1) is 5.56 Å². The third-order valence-corrected chi connectivity index (χ3v) is 3.09. The zero-order chi connectivity index (χ0) is 11.1. The van der Waals surface area contributed by atoms with Crippen LogP contribution < -0.4 is 0 Å². The van der Waals surface area contributed by atoms with Gasteiger partial charge in [0.15, 0.2) is 5.78 Å². The van der Waals surface area contributed by atoms with Crippen molar-refractivity contribution < 1.29 is 4.79 Å². The Morgan fingerprint density at radius 1 is 1.19 bits per heavy atom. The van der Waals surface area contributed by atoms with E-state index in [1.807, 2.05) is 12.1 Å². The summed E-state index contributed by atoms with van der Waals surface area (Å²) in [5.41, 5.74) is 3.38. The Morgan fingerprint density at radius 3 is 2.69 bits per heavy atom. The molecule has 0 spiro atoms. The Hall–Kier alpha value is -1.61. The molecule has 0 radical (unpaired) electrons. The van der Waals surface area contributed by atoms with Crippen LogP contribution in [0.1, 0.15) is 22.5 Å². The fourth-order valence-corrected chi connectivity index (χ4v) is 2.17. The number of benzene rings is 1. The van der Waals surface area contributed by atoms with Crippen LogP contribution in [0.4, 0.5) is 0 Å². The minimum Gasteiger partial charge on any atom is -0.294 e. The Morgan fingerprint density at radius 2 is 1.94 bits per heavy atom. The van der Waals surface area contributed by atoms with Gasteiger partial charge in [0.2, 0.25) is 0 Å². The van der Waals surface area contributed by atoms with E-state index in [0.717, 1.165) is 28.9 Å². The number of hydrogen-bond acceptors (Lipinski definition) is 2. The number of carbonyl (C=O) groups is 1. The number of aromatic nitrogens is 2. The van der Waals surface area contributed by atoms with Crippen molar-refractivity contribution in [1.29, 1.82) is 0 Å². The number of H-pyrrole nitrogens is 1. The van der Waals surface area contributed by atoms with E-state index < -0.39 is 0 Å². The molecule has 0 bridgehead atoms. The molecular formula is C12H9ClN2O. The molecule has 0 unspecified atom stereocenters. The summed E-state index contributed by atoms with van der Waals surface area (Å²) in [5, 5.41) is 7.81. The fourth-order valence-electron chi connectivity index (χ4n) is 2.04. The van der Waals surface area contributed by atoms with E-state index in [4.69, 9.17) is 11.6 Å². The van der Waals surface area contributed by atoms with Crippen LogP contribution in [-0.2, 0) is 6.42 Å². The van der Waals surface area contributed by atoms with Gasteiger partial charge in [0.25, 0.3) is 0 Å². The second-order valence-electron chi connectivity index (χ2n) is 3.86. The molecule has 0 fully saturated rings. The molecule has 0 saturated heterocycles. The van der Waals surface area contributed by atoms with E-state index in [1.54, 1.807) is 12.1 Å². The summed E-state index contributed by atoms with van der Waals surface area (Å²) in [7, 11) is 0. The van der Waals surface area contributed by atoms with Gasteiger partial charge >= 0.3 is 0 Å². The summed E-state index contributed by atoms with van der Waals surface area (Å²) < 4.78 is 0. The Balaban J connectivity index is 2.14. The van der Waals surface area contributed by atoms with Crippen molar-refractivity contribution in [1.82, 2.24) is 10.2 Å². The molecule has 1 aliphatic rings. The van der Waals surface area contributed by atoms with Crippen molar-refractivity contribution in [2.24, 2.45) is 0 Å². The van der Waals surface area contributed by atoms with Crippen molar-refractivity contribution >= 4 is 17.4 Å². The van der Waals surface area contributed by atoms with E-state index in [1.165, 1.54) is 0 Å². The third-order valence-electron chi connectivity index (χ3n) is 2.84. The first-order valence-electron chi connectivity index (χ1n) is 5.12. The quantitative estimate of drug-likeness (QED) is 0.822. The van der Waals surface area contributed by atoms with Crippen LogP contribution in [0.2, 0.25) is 5.02 Å². The lowest BCUT2D eigenvalue weighted by atomic mass is 10.1. The number of fused-ring (bicyclic) bond motifs is 1.